The van der Waals surface area contributed by atoms with E-state index >= 15 is 0 Å². The van der Waals surface area contributed by atoms with E-state index in [1.165, 1.54) is 88.4 Å². The number of hydrogen-bond donors (Lipinski definition) is 0. The molecule has 0 saturated carbocycles. The highest BCUT2D eigenvalue weighted by Crippen LogP contribution is 2.39. The van der Waals surface area contributed by atoms with Crippen LogP contribution in [0.5, 0.6) is 0 Å². The van der Waals surface area contributed by atoms with E-state index in [4.69, 9.17) is 0 Å². The van der Waals surface area contributed by atoms with E-state index in [1.54, 1.807) is 0 Å². The highest BCUT2D eigenvalue weighted by molar-refractivity contribution is 6.12. The fourth-order valence-corrected chi connectivity index (χ4v) is 8.17. The minimum absolute atomic E-state index is 0.557. The summed E-state index contributed by atoms with van der Waals surface area (Å²) in [7, 11) is 0. The molecule has 2 nitrogen and oxygen atoms in total. The minimum Gasteiger partial charge on any atom is -0.309 e. The Morgan fingerprint density at radius 3 is 1.51 bits per heavy atom. The second-order valence-corrected chi connectivity index (χ2v) is 13.9. The first-order valence-electron chi connectivity index (χ1n) is 17.9. The zero-order chi connectivity index (χ0) is 33.9. The SMILES string of the molecule is CC1C=C(c2cccc(-n3c4ccccc4c4cc(-c5ccc6c(c5)c5ccccc5n6-c5cccc(-c6ccccc6)c5)ccc43)c2)C=CC1. The number of hydrogen-bond acceptors (Lipinski definition) is 0. The van der Waals surface area contributed by atoms with Gasteiger partial charge in [0.2, 0.25) is 0 Å². The van der Waals surface area contributed by atoms with Crippen LogP contribution in [0.2, 0.25) is 0 Å². The van der Waals surface area contributed by atoms with E-state index in [9.17, 15) is 0 Å². The summed E-state index contributed by atoms with van der Waals surface area (Å²) >= 11 is 0. The van der Waals surface area contributed by atoms with Gasteiger partial charge in [-0.25, -0.2) is 0 Å². The summed E-state index contributed by atoms with van der Waals surface area (Å²) in [6.07, 6.45) is 8.07. The molecule has 1 aliphatic carbocycles. The third-order valence-electron chi connectivity index (χ3n) is 10.6. The Morgan fingerprint density at radius 2 is 0.902 bits per heavy atom. The molecule has 10 rings (SSSR count). The van der Waals surface area contributed by atoms with E-state index in [0.29, 0.717) is 5.92 Å². The molecule has 0 bridgehead atoms. The number of allylic oxidation sites excluding steroid dienone is 4. The summed E-state index contributed by atoms with van der Waals surface area (Å²) in [6.45, 7) is 2.29. The molecule has 0 saturated heterocycles. The predicted molar refractivity (Wildman–Crippen MR) is 217 cm³/mol. The number of fused-ring (bicyclic) bond motifs is 6. The monoisotopic (exact) mass is 652 g/mol. The Labute approximate surface area is 297 Å². The number of benzene rings is 7. The van der Waals surface area contributed by atoms with Crippen molar-refractivity contribution < 1.29 is 0 Å². The van der Waals surface area contributed by atoms with Crippen LogP contribution in [0.15, 0.2) is 182 Å². The summed E-state index contributed by atoms with van der Waals surface area (Å²) in [5.74, 6) is 0.557. The molecule has 1 unspecified atom stereocenters. The molecule has 0 fully saturated rings. The molecule has 0 N–H and O–H groups in total. The molecule has 0 radical (unpaired) electrons. The van der Waals surface area contributed by atoms with E-state index in [2.05, 4.69) is 198 Å². The smallest absolute Gasteiger partial charge is 0.0541 e. The molecule has 2 heteroatoms. The highest BCUT2D eigenvalue weighted by atomic mass is 15.0. The van der Waals surface area contributed by atoms with Crippen molar-refractivity contribution in [2.75, 3.05) is 0 Å². The van der Waals surface area contributed by atoms with E-state index in [1.807, 2.05) is 0 Å². The largest absolute Gasteiger partial charge is 0.309 e. The average Bonchev–Trinajstić information content (AvgIpc) is 3.70. The van der Waals surface area contributed by atoms with Crippen molar-refractivity contribution in [2.24, 2.45) is 5.92 Å². The van der Waals surface area contributed by atoms with Crippen molar-refractivity contribution in [3.8, 4) is 33.6 Å². The van der Waals surface area contributed by atoms with Crippen LogP contribution in [0.25, 0.3) is 82.8 Å². The molecular weight excluding hydrogens is 617 g/mol. The molecular formula is C49H36N2. The van der Waals surface area contributed by atoms with Crippen molar-refractivity contribution >= 4 is 49.2 Å². The maximum absolute atomic E-state index is 2.43. The quantitative estimate of drug-likeness (QED) is 0.175. The standard InChI is InChI=1S/C49H36N2/c1-33-12-9-15-35(28-33)37-17-11-19-41(30-37)51-47-23-8-6-21-43(47)45-32-39(25-27-49(45)51)38-24-26-48-44(31-38)42-20-5-7-22-46(42)50(48)40-18-10-16-36(29-40)34-13-3-2-4-14-34/h2-11,13-33H,12H2,1H3. The molecule has 0 spiro atoms. The number of nitrogens with zero attached hydrogens (tertiary/aromatic N) is 2. The molecule has 51 heavy (non-hydrogen) atoms. The molecule has 1 atom stereocenters. The maximum Gasteiger partial charge on any atom is 0.0541 e. The van der Waals surface area contributed by atoms with Crippen molar-refractivity contribution in [1.29, 1.82) is 0 Å². The van der Waals surface area contributed by atoms with E-state index in [0.717, 1.165) is 6.42 Å². The van der Waals surface area contributed by atoms with Crippen molar-refractivity contribution in [3.63, 3.8) is 0 Å². The first-order chi connectivity index (χ1) is 25.2. The van der Waals surface area contributed by atoms with Crippen LogP contribution in [0.3, 0.4) is 0 Å². The summed E-state index contributed by atoms with van der Waals surface area (Å²) < 4.78 is 4.83. The van der Waals surface area contributed by atoms with Gasteiger partial charge in [0.25, 0.3) is 0 Å². The Bertz CT molecular complexity index is 2840. The van der Waals surface area contributed by atoms with Gasteiger partial charge < -0.3 is 9.13 Å². The van der Waals surface area contributed by atoms with Gasteiger partial charge in [-0.2, -0.15) is 0 Å². The van der Waals surface area contributed by atoms with Crippen LogP contribution in [0.4, 0.5) is 0 Å². The van der Waals surface area contributed by atoms with Crippen molar-refractivity contribution in [2.45, 2.75) is 13.3 Å². The van der Waals surface area contributed by atoms with Gasteiger partial charge >= 0.3 is 0 Å². The van der Waals surface area contributed by atoms with E-state index in [-0.39, 0.29) is 0 Å². The summed E-state index contributed by atoms with van der Waals surface area (Å²) in [4.78, 5) is 0. The lowest BCUT2D eigenvalue weighted by Crippen LogP contribution is -1.98. The molecule has 242 valence electrons. The lowest BCUT2D eigenvalue weighted by molar-refractivity contribution is 0.740. The summed E-state index contributed by atoms with van der Waals surface area (Å²) in [6, 6.07) is 60.1. The van der Waals surface area contributed by atoms with Gasteiger partial charge in [-0.05, 0) is 106 Å². The first kappa shape index (κ1) is 29.5. The number of aromatic nitrogens is 2. The summed E-state index contributed by atoms with van der Waals surface area (Å²) in [5, 5.41) is 5.04. The molecule has 0 aliphatic heterocycles. The normalized spacial score (nSPS) is 14.5. The molecule has 2 heterocycles. The van der Waals surface area contributed by atoms with Gasteiger partial charge in [0.05, 0.1) is 22.1 Å². The number of rotatable bonds is 5. The Balaban J connectivity index is 1.11. The average molecular weight is 653 g/mol. The van der Waals surface area contributed by atoms with Gasteiger partial charge in [-0.15, -0.1) is 0 Å². The predicted octanol–water partition coefficient (Wildman–Crippen LogP) is 13.2. The Morgan fingerprint density at radius 1 is 0.412 bits per heavy atom. The lowest BCUT2D eigenvalue weighted by atomic mass is 9.93. The second kappa shape index (κ2) is 11.9. The fourth-order valence-electron chi connectivity index (χ4n) is 8.17. The van der Waals surface area contributed by atoms with Crippen LogP contribution in [0, 0.1) is 5.92 Å². The molecule has 7 aromatic carbocycles. The molecule has 0 amide bonds. The van der Waals surface area contributed by atoms with Crippen LogP contribution in [-0.4, -0.2) is 9.13 Å². The second-order valence-electron chi connectivity index (χ2n) is 13.9. The van der Waals surface area contributed by atoms with Crippen molar-refractivity contribution in [3.05, 3.63) is 188 Å². The zero-order valence-corrected chi connectivity index (χ0v) is 28.5. The third-order valence-corrected chi connectivity index (χ3v) is 10.6. The van der Waals surface area contributed by atoms with Crippen LogP contribution in [0.1, 0.15) is 18.9 Å². The molecule has 9 aromatic rings. The van der Waals surface area contributed by atoms with Gasteiger partial charge in [0, 0.05) is 32.9 Å². The Hall–Kier alpha value is -6.38. The van der Waals surface area contributed by atoms with E-state index < -0.39 is 0 Å². The topological polar surface area (TPSA) is 9.86 Å². The van der Waals surface area contributed by atoms with Crippen molar-refractivity contribution in [1.82, 2.24) is 9.13 Å². The van der Waals surface area contributed by atoms with Crippen LogP contribution < -0.4 is 0 Å². The summed E-state index contributed by atoms with van der Waals surface area (Å²) in [5.41, 5.74) is 14.6. The zero-order valence-electron chi connectivity index (χ0n) is 28.5. The fraction of sp³-hybridized carbons (Fsp3) is 0.0612. The molecule has 1 aliphatic rings. The maximum atomic E-state index is 2.43. The lowest BCUT2D eigenvalue weighted by Gasteiger charge is -2.15. The third kappa shape index (κ3) is 4.94. The van der Waals surface area contributed by atoms with Crippen LogP contribution >= 0.6 is 0 Å². The first-order valence-corrected chi connectivity index (χ1v) is 17.9. The van der Waals surface area contributed by atoms with Crippen LogP contribution in [-0.2, 0) is 0 Å². The highest BCUT2D eigenvalue weighted by Gasteiger charge is 2.17. The van der Waals surface area contributed by atoms with Gasteiger partial charge in [-0.3, -0.25) is 0 Å². The Kier molecular flexibility index (Phi) is 6.89. The van der Waals surface area contributed by atoms with Gasteiger partial charge in [0.15, 0.2) is 0 Å². The molecule has 2 aromatic heterocycles. The van der Waals surface area contributed by atoms with Gasteiger partial charge in [-0.1, -0.05) is 128 Å². The van der Waals surface area contributed by atoms with Gasteiger partial charge in [0.1, 0.15) is 0 Å². The number of para-hydroxylation sites is 2. The minimum atomic E-state index is 0.557.